The van der Waals surface area contributed by atoms with Gasteiger partial charge in [-0.1, -0.05) is 23.8 Å². The van der Waals surface area contributed by atoms with Crippen molar-refractivity contribution in [3.63, 3.8) is 0 Å². The number of fused-ring (bicyclic) bond motifs is 5. The molecule has 5 rings (SSSR count). The Hall–Kier alpha value is -2.31. The molecule has 4 heterocycles. The molecule has 1 N–H and O–H groups in total. The largest absolute Gasteiger partial charge is 0.302 e. The summed E-state index contributed by atoms with van der Waals surface area (Å²) in [6.45, 7) is 11.1. The number of aromatic nitrogens is 4. The first kappa shape index (κ1) is 16.8. The molecule has 0 amide bonds. The normalized spacial score (nSPS) is 18.1. The summed E-state index contributed by atoms with van der Waals surface area (Å²) in [6.07, 6.45) is 2.75. The van der Waals surface area contributed by atoms with Crippen LogP contribution in [-0.2, 0) is 12.0 Å². The van der Waals surface area contributed by atoms with Crippen LogP contribution in [0.1, 0.15) is 43.7 Å². The second-order valence-corrected chi connectivity index (χ2v) is 9.72. The number of rotatable bonds is 1. The Kier molecular flexibility index (Phi) is 3.34. The van der Waals surface area contributed by atoms with Gasteiger partial charge in [-0.15, -0.1) is 16.4 Å². The number of nitrogens with one attached hydrogen (secondary N) is 1. The molecule has 5 nitrogen and oxygen atoms in total. The van der Waals surface area contributed by atoms with Crippen LogP contribution in [0.25, 0.3) is 27.3 Å². The number of hydrogen-bond donors (Lipinski definition) is 1. The van der Waals surface area contributed by atoms with Gasteiger partial charge in [0.05, 0.1) is 5.39 Å². The fourth-order valence-corrected chi connectivity index (χ4v) is 5.64. The van der Waals surface area contributed by atoms with Gasteiger partial charge in [0.2, 0.25) is 0 Å². The standard InChI is InChI=1S/C21H23N5S/c1-12-7-6-8-13(9-12)17-23-18-15-14-10-20(2,3)25-21(4,5)16(14)27-19(15)22-11-26(18)24-17/h6-9,11,25H,10H2,1-5H3. The highest BCUT2D eigenvalue weighted by Crippen LogP contribution is 2.44. The first-order valence-electron chi connectivity index (χ1n) is 9.27. The predicted molar refractivity (Wildman–Crippen MR) is 110 cm³/mol. The number of hydrogen-bond acceptors (Lipinski definition) is 5. The molecule has 0 unspecified atom stereocenters. The lowest BCUT2D eigenvalue weighted by atomic mass is 9.82. The van der Waals surface area contributed by atoms with Crippen molar-refractivity contribution in [2.75, 3.05) is 0 Å². The molecule has 0 saturated carbocycles. The lowest BCUT2D eigenvalue weighted by Crippen LogP contribution is -2.54. The fourth-order valence-electron chi connectivity index (χ4n) is 4.42. The van der Waals surface area contributed by atoms with Gasteiger partial charge >= 0.3 is 0 Å². The fraction of sp³-hybridized carbons (Fsp3) is 0.381. The van der Waals surface area contributed by atoms with Crippen molar-refractivity contribution in [3.8, 4) is 11.4 Å². The number of benzene rings is 1. The molecule has 1 aliphatic heterocycles. The van der Waals surface area contributed by atoms with Gasteiger partial charge in [-0.2, -0.15) is 0 Å². The zero-order valence-corrected chi connectivity index (χ0v) is 17.1. The average molecular weight is 378 g/mol. The third-order valence-corrected chi connectivity index (χ3v) is 6.70. The topological polar surface area (TPSA) is 55.1 Å². The Bertz CT molecular complexity index is 1200. The maximum absolute atomic E-state index is 4.93. The molecule has 138 valence electrons. The maximum atomic E-state index is 4.93. The van der Waals surface area contributed by atoms with E-state index in [1.807, 2.05) is 10.6 Å². The number of nitrogens with zero attached hydrogens (tertiary/aromatic N) is 4. The second kappa shape index (κ2) is 5.36. The highest BCUT2D eigenvalue weighted by molar-refractivity contribution is 7.19. The monoisotopic (exact) mass is 377 g/mol. The van der Waals surface area contributed by atoms with E-state index in [0.717, 1.165) is 33.7 Å². The Morgan fingerprint density at radius 3 is 2.78 bits per heavy atom. The molecule has 0 radical (unpaired) electrons. The van der Waals surface area contributed by atoms with Crippen LogP contribution in [0.15, 0.2) is 30.6 Å². The zero-order chi connectivity index (χ0) is 19.0. The van der Waals surface area contributed by atoms with Crippen LogP contribution < -0.4 is 5.32 Å². The van der Waals surface area contributed by atoms with Gasteiger partial charge in [-0.3, -0.25) is 0 Å². The molecular formula is C21H23N5S. The maximum Gasteiger partial charge on any atom is 0.182 e. The molecule has 6 heteroatoms. The SMILES string of the molecule is Cc1cccc(-c2nc3c4c5c(sc4ncn3n2)C(C)(C)NC(C)(C)C5)c1. The minimum atomic E-state index is -0.0845. The van der Waals surface area contributed by atoms with Crippen molar-refractivity contribution in [3.05, 3.63) is 46.6 Å². The van der Waals surface area contributed by atoms with Crippen molar-refractivity contribution in [1.82, 2.24) is 24.9 Å². The van der Waals surface area contributed by atoms with Crippen molar-refractivity contribution in [1.29, 1.82) is 0 Å². The number of aryl methyl sites for hydroxylation is 1. The third-order valence-electron chi connectivity index (χ3n) is 5.24. The molecule has 1 aromatic carbocycles. The van der Waals surface area contributed by atoms with E-state index >= 15 is 0 Å². The lowest BCUT2D eigenvalue weighted by molar-refractivity contribution is 0.248. The van der Waals surface area contributed by atoms with Crippen LogP contribution in [0.2, 0.25) is 0 Å². The Labute approximate surface area is 162 Å². The smallest absolute Gasteiger partial charge is 0.182 e. The second-order valence-electron chi connectivity index (χ2n) is 8.72. The van der Waals surface area contributed by atoms with E-state index in [-0.39, 0.29) is 11.1 Å². The van der Waals surface area contributed by atoms with Gasteiger partial charge in [0.1, 0.15) is 11.2 Å². The molecule has 0 aliphatic carbocycles. The van der Waals surface area contributed by atoms with Gasteiger partial charge in [-0.25, -0.2) is 14.5 Å². The van der Waals surface area contributed by atoms with Crippen molar-refractivity contribution in [2.45, 2.75) is 52.1 Å². The molecule has 0 bridgehead atoms. The van der Waals surface area contributed by atoms with E-state index in [2.05, 4.69) is 58.1 Å². The van der Waals surface area contributed by atoms with E-state index in [1.165, 1.54) is 16.0 Å². The average Bonchev–Trinajstić information content (AvgIpc) is 3.14. The van der Waals surface area contributed by atoms with E-state index < -0.39 is 0 Å². The van der Waals surface area contributed by atoms with E-state index in [0.29, 0.717) is 0 Å². The summed E-state index contributed by atoms with van der Waals surface area (Å²) in [7, 11) is 0. The number of thiophene rings is 1. The van der Waals surface area contributed by atoms with Crippen molar-refractivity contribution < 1.29 is 0 Å². The minimum absolute atomic E-state index is 0.0245. The van der Waals surface area contributed by atoms with Gasteiger partial charge in [0, 0.05) is 21.5 Å². The lowest BCUT2D eigenvalue weighted by Gasteiger charge is -2.42. The Balaban J connectivity index is 1.80. The summed E-state index contributed by atoms with van der Waals surface area (Å²) in [5.41, 5.74) is 4.46. The van der Waals surface area contributed by atoms with E-state index in [1.54, 1.807) is 17.7 Å². The molecule has 0 saturated heterocycles. The quantitative estimate of drug-likeness (QED) is 0.532. The zero-order valence-electron chi connectivity index (χ0n) is 16.3. The van der Waals surface area contributed by atoms with Crippen LogP contribution >= 0.6 is 11.3 Å². The van der Waals surface area contributed by atoms with Crippen LogP contribution in [0.3, 0.4) is 0 Å². The summed E-state index contributed by atoms with van der Waals surface area (Å²) in [5, 5.41) is 9.64. The summed E-state index contributed by atoms with van der Waals surface area (Å²) >= 11 is 1.78. The molecule has 4 aromatic rings. The van der Waals surface area contributed by atoms with Gasteiger partial charge < -0.3 is 5.32 Å². The highest BCUT2D eigenvalue weighted by Gasteiger charge is 2.39. The summed E-state index contributed by atoms with van der Waals surface area (Å²) in [5.74, 6) is 0.750. The first-order chi connectivity index (χ1) is 12.7. The predicted octanol–water partition coefficient (Wildman–Crippen LogP) is 4.47. The Morgan fingerprint density at radius 2 is 2.00 bits per heavy atom. The Morgan fingerprint density at radius 1 is 1.19 bits per heavy atom. The summed E-state index contributed by atoms with van der Waals surface area (Å²) in [6, 6.07) is 8.32. The summed E-state index contributed by atoms with van der Waals surface area (Å²) in [4.78, 5) is 12.0. The molecule has 27 heavy (non-hydrogen) atoms. The molecule has 0 atom stereocenters. The molecule has 0 fully saturated rings. The van der Waals surface area contributed by atoms with Crippen LogP contribution in [0, 0.1) is 6.92 Å². The molecule has 0 spiro atoms. The minimum Gasteiger partial charge on any atom is -0.302 e. The van der Waals surface area contributed by atoms with Gasteiger partial charge in [-0.05, 0) is 52.7 Å². The van der Waals surface area contributed by atoms with Crippen LogP contribution in [0.5, 0.6) is 0 Å². The van der Waals surface area contributed by atoms with Gasteiger partial charge in [0.25, 0.3) is 0 Å². The van der Waals surface area contributed by atoms with Crippen molar-refractivity contribution >= 4 is 27.2 Å². The van der Waals surface area contributed by atoms with E-state index in [4.69, 9.17) is 15.1 Å². The third kappa shape index (κ3) is 2.58. The van der Waals surface area contributed by atoms with E-state index in [9.17, 15) is 0 Å². The first-order valence-corrected chi connectivity index (χ1v) is 10.1. The van der Waals surface area contributed by atoms with Gasteiger partial charge in [0.15, 0.2) is 11.5 Å². The van der Waals surface area contributed by atoms with Crippen LogP contribution in [-0.4, -0.2) is 25.1 Å². The summed E-state index contributed by atoms with van der Waals surface area (Å²) < 4.78 is 1.83. The van der Waals surface area contributed by atoms with Crippen LogP contribution in [0.4, 0.5) is 0 Å². The highest BCUT2D eigenvalue weighted by atomic mass is 32.1. The molecular weight excluding hydrogens is 354 g/mol. The van der Waals surface area contributed by atoms with Crippen molar-refractivity contribution in [2.24, 2.45) is 0 Å². The molecule has 1 aliphatic rings. The molecule has 3 aromatic heterocycles.